The SMILES string of the molecule is COc1ccc(N(CC(=O)N/N=C(/C)c2cccc(Br)c2)S(C)(=O)=O)c(OC)c1. The van der Waals surface area contributed by atoms with Gasteiger partial charge in [0.05, 0.1) is 31.9 Å². The lowest BCUT2D eigenvalue weighted by Crippen LogP contribution is -2.39. The molecule has 0 heterocycles. The lowest BCUT2D eigenvalue weighted by atomic mass is 10.1. The van der Waals surface area contributed by atoms with Crippen LogP contribution in [0.3, 0.4) is 0 Å². The van der Waals surface area contributed by atoms with Gasteiger partial charge in [-0.3, -0.25) is 9.10 Å². The van der Waals surface area contributed by atoms with E-state index in [2.05, 4.69) is 26.5 Å². The van der Waals surface area contributed by atoms with Crippen molar-refractivity contribution in [2.75, 3.05) is 31.3 Å². The molecule has 8 nitrogen and oxygen atoms in total. The highest BCUT2D eigenvalue weighted by molar-refractivity contribution is 9.10. The van der Waals surface area contributed by atoms with Crippen LogP contribution in [0.25, 0.3) is 0 Å². The van der Waals surface area contributed by atoms with Gasteiger partial charge in [-0.05, 0) is 36.8 Å². The van der Waals surface area contributed by atoms with Crippen LogP contribution in [0.4, 0.5) is 5.69 Å². The molecule has 2 rings (SSSR count). The molecule has 2 aromatic rings. The van der Waals surface area contributed by atoms with E-state index in [1.54, 1.807) is 19.1 Å². The second kappa shape index (κ2) is 9.75. The van der Waals surface area contributed by atoms with E-state index in [9.17, 15) is 13.2 Å². The van der Waals surface area contributed by atoms with E-state index in [1.165, 1.54) is 20.3 Å². The third-order valence-corrected chi connectivity index (χ3v) is 5.55. The van der Waals surface area contributed by atoms with E-state index in [0.717, 1.165) is 20.6 Å². The van der Waals surface area contributed by atoms with Crippen LogP contribution in [0.1, 0.15) is 12.5 Å². The molecule has 1 N–H and O–H groups in total. The molecule has 0 aliphatic rings. The zero-order valence-electron chi connectivity index (χ0n) is 16.5. The zero-order chi connectivity index (χ0) is 21.6. The van der Waals surface area contributed by atoms with Gasteiger partial charge in [0.15, 0.2) is 0 Å². The van der Waals surface area contributed by atoms with Crippen LogP contribution >= 0.6 is 15.9 Å². The number of benzene rings is 2. The highest BCUT2D eigenvalue weighted by atomic mass is 79.9. The summed E-state index contributed by atoms with van der Waals surface area (Å²) in [5, 5.41) is 4.06. The quantitative estimate of drug-likeness (QED) is 0.459. The van der Waals surface area contributed by atoms with Gasteiger partial charge in [0.25, 0.3) is 5.91 Å². The standard InChI is InChI=1S/C19H22BrN3O5S/c1-13(14-6-5-7-15(20)10-14)21-22-19(24)12-23(29(4,25)26)17-9-8-16(27-2)11-18(17)28-3/h5-11H,12H2,1-4H3,(H,22,24)/b21-13-. The molecule has 0 saturated heterocycles. The minimum absolute atomic E-state index is 0.221. The minimum atomic E-state index is -3.76. The van der Waals surface area contributed by atoms with Crippen LogP contribution in [0.5, 0.6) is 11.5 Å². The first-order chi connectivity index (χ1) is 13.7. The van der Waals surface area contributed by atoms with Gasteiger partial charge in [-0.15, -0.1) is 0 Å². The van der Waals surface area contributed by atoms with E-state index < -0.39 is 22.5 Å². The van der Waals surface area contributed by atoms with Crippen molar-refractivity contribution in [2.24, 2.45) is 5.10 Å². The molecule has 0 unspecified atom stereocenters. The first-order valence-corrected chi connectivity index (χ1v) is 11.1. The van der Waals surface area contributed by atoms with Crippen LogP contribution in [-0.2, 0) is 14.8 Å². The van der Waals surface area contributed by atoms with Gasteiger partial charge < -0.3 is 9.47 Å². The molecule has 10 heteroatoms. The van der Waals surface area contributed by atoms with Crippen LogP contribution in [0.15, 0.2) is 52.0 Å². The Morgan fingerprint density at radius 3 is 2.48 bits per heavy atom. The number of amides is 1. The molecule has 29 heavy (non-hydrogen) atoms. The zero-order valence-corrected chi connectivity index (χ0v) is 18.9. The normalized spacial score (nSPS) is 11.7. The number of methoxy groups -OCH3 is 2. The summed E-state index contributed by atoms with van der Waals surface area (Å²) in [7, 11) is -0.869. The first kappa shape index (κ1) is 22.7. The number of hydrogen-bond donors (Lipinski definition) is 1. The number of ether oxygens (including phenoxy) is 2. The maximum Gasteiger partial charge on any atom is 0.260 e. The number of nitrogens with zero attached hydrogens (tertiary/aromatic N) is 2. The molecule has 0 bridgehead atoms. The lowest BCUT2D eigenvalue weighted by Gasteiger charge is -2.23. The topological polar surface area (TPSA) is 97.3 Å². The van der Waals surface area contributed by atoms with Crippen molar-refractivity contribution in [2.45, 2.75) is 6.92 Å². The van der Waals surface area contributed by atoms with E-state index in [4.69, 9.17) is 9.47 Å². The van der Waals surface area contributed by atoms with E-state index in [0.29, 0.717) is 11.5 Å². The lowest BCUT2D eigenvalue weighted by molar-refractivity contribution is -0.119. The molecular weight excluding hydrogens is 462 g/mol. The molecule has 0 fully saturated rings. The molecule has 0 aromatic heterocycles. The molecule has 1 amide bonds. The van der Waals surface area contributed by atoms with Crippen molar-refractivity contribution < 1.29 is 22.7 Å². The molecule has 156 valence electrons. The molecule has 0 saturated carbocycles. The number of nitrogens with one attached hydrogen (secondary N) is 1. The Hall–Kier alpha value is -2.59. The molecule has 0 atom stereocenters. The summed E-state index contributed by atoms with van der Waals surface area (Å²) in [6.45, 7) is 1.28. The van der Waals surface area contributed by atoms with Gasteiger partial charge >= 0.3 is 0 Å². The maximum absolute atomic E-state index is 12.4. The molecular formula is C19H22BrN3O5S. The van der Waals surface area contributed by atoms with Crippen LogP contribution in [0.2, 0.25) is 0 Å². The fraction of sp³-hybridized carbons (Fsp3) is 0.263. The average molecular weight is 484 g/mol. The van der Waals surface area contributed by atoms with Crippen LogP contribution in [0, 0.1) is 0 Å². The van der Waals surface area contributed by atoms with Gasteiger partial charge in [0, 0.05) is 10.5 Å². The van der Waals surface area contributed by atoms with Crippen LogP contribution in [-0.4, -0.2) is 47.1 Å². The third-order valence-electron chi connectivity index (χ3n) is 3.93. The number of carbonyl (C=O) groups is 1. The smallest absolute Gasteiger partial charge is 0.260 e. The van der Waals surface area contributed by atoms with Crippen molar-refractivity contribution in [1.82, 2.24) is 5.43 Å². The molecule has 0 aliphatic heterocycles. The fourth-order valence-corrected chi connectivity index (χ4v) is 3.72. The van der Waals surface area contributed by atoms with Crippen molar-refractivity contribution in [1.29, 1.82) is 0 Å². The molecule has 2 aromatic carbocycles. The largest absolute Gasteiger partial charge is 0.497 e. The summed E-state index contributed by atoms with van der Waals surface area (Å²) in [5.41, 5.74) is 4.01. The Morgan fingerprint density at radius 1 is 1.17 bits per heavy atom. The van der Waals surface area contributed by atoms with Gasteiger partial charge in [0.2, 0.25) is 10.0 Å². The van der Waals surface area contributed by atoms with E-state index in [-0.39, 0.29) is 11.4 Å². The third kappa shape index (κ3) is 6.20. The van der Waals surface area contributed by atoms with Crippen LogP contribution < -0.4 is 19.2 Å². The van der Waals surface area contributed by atoms with Gasteiger partial charge in [-0.25, -0.2) is 13.8 Å². The van der Waals surface area contributed by atoms with E-state index >= 15 is 0 Å². The predicted molar refractivity (Wildman–Crippen MR) is 116 cm³/mol. The maximum atomic E-state index is 12.4. The Morgan fingerprint density at radius 2 is 1.90 bits per heavy atom. The van der Waals surface area contributed by atoms with Gasteiger partial charge in [-0.2, -0.15) is 5.10 Å². The Labute approximate surface area is 178 Å². The Kier molecular flexibility index (Phi) is 7.63. The second-order valence-electron chi connectivity index (χ2n) is 6.05. The number of halogens is 1. The number of sulfonamides is 1. The minimum Gasteiger partial charge on any atom is -0.497 e. The summed E-state index contributed by atoms with van der Waals surface area (Å²) in [5.74, 6) is 0.164. The first-order valence-electron chi connectivity index (χ1n) is 8.44. The molecule has 0 spiro atoms. The highest BCUT2D eigenvalue weighted by Crippen LogP contribution is 2.33. The van der Waals surface area contributed by atoms with Gasteiger partial charge in [0.1, 0.15) is 18.0 Å². The number of hydrogen-bond acceptors (Lipinski definition) is 6. The van der Waals surface area contributed by atoms with Crippen molar-refractivity contribution in [3.63, 3.8) is 0 Å². The molecule has 0 radical (unpaired) electrons. The summed E-state index contributed by atoms with van der Waals surface area (Å²) >= 11 is 3.38. The summed E-state index contributed by atoms with van der Waals surface area (Å²) in [6.07, 6.45) is 1.01. The predicted octanol–water partition coefficient (Wildman–Crippen LogP) is 2.77. The summed E-state index contributed by atoms with van der Waals surface area (Å²) in [6, 6.07) is 12.1. The number of anilines is 1. The average Bonchev–Trinajstić information content (AvgIpc) is 2.69. The Balaban J connectivity index is 2.23. The van der Waals surface area contributed by atoms with Crippen molar-refractivity contribution >= 4 is 43.3 Å². The molecule has 0 aliphatic carbocycles. The highest BCUT2D eigenvalue weighted by Gasteiger charge is 2.24. The fourth-order valence-electron chi connectivity index (χ4n) is 2.46. The number of rotatable bonds is 8. The summed E-state index contributed by atoms with van der Waals surface area (Å²) < 4.78 is 36.8. The number of carbonyl (C=O) groups excluding carboxylic acids is 1. The van der Waals surface area contributed by atoms with Crippen molar-refractivity contribution in [3.05, 3.63) is 52.5 Å². The monoisotopic (exact) mass is 483 g/mol. The second-order valence-corrected chi connectivity index (χ2v) is 8.87. The van der Waals surface area contributed by atoms with Crippen molar-refractivity contribution in [3.8, 4) is 11.5 Å². The van der Waals surface area contributed by atoms with Gasteiger partial charge in [-0.1, -0.05) is 28.1 Å². The Bertz CT molecular complexity index is 1020. The van der Waals surface area contributed by atoms with E-state index in [1.807, 2.05) is 24.3 Å². The summed E-state index contributed by atoms with van der Waals surface area (Å²) in [4.78, 5) is 12.4. The number of hydrazone groups is 1.